The van der Waals surface area contributed by atoms with Gasteiger partial charge in [0.1, 0.15) is 17.2 Å². The molecule has 4 aromatic carbocycles. The molecule has 0 unspecified atom stereocenters. The maximum absolute atomic E-state index is 14.4. The van der Waals surface area contributed by atoms with Crippen molar-refractivity contribution in [2.45, 2.75) is 40.2 Å². The van der Waals surface area contributed by atoms with Crippen molar-refractivity contribution in [1.82, 2.24) is 19.9 Å². The average Bonchev–Trinajstić information content (AvgIpc) is 3.15. The molecule has 0 aliphatic heterocycles. The zero-order chi connectivity index (χ0) is 42.3. The molecule has 58 heavy (non-hydrogen) atoms. The second kappa shape index (κ2) is 17.5. The number of nitrogens with zero attached hydrogens (tertiary/aromatic N) is 4. The smallest absolute Gasteiger partial charge is 0.341 e. The highest BCUT2D eigenvalue weighted by Crippen LogP contribution is 2.23. The lowest BCUT2D eigenvalue weighted by molar-refractivity contribution is 0.00643. The Morgan fingerprint density at radius 2 is 1.03 bits per heavy atom. The second-order valence-electron chi connectivity index (χ2n) is 13.8. The van der Waals surface area contributed by atoms with Crippen molar-refractivity contribution in [1.29, 1.82) is 0 Å². The molecule has 0 saturated carbocycles. The van der Waals surface area contributed by atoms with E-state index in [2.05, 4.69) is 30.6 Å². The molecule has 0 saturated heterocycles. The summed E-state index contributed by atoms with van der Waals surface area (Å²) in [5, 5.41) is 13.8. The molecular weight excluding hydrogens is 751 g/mol. The van der Waals surface area contributed by atoms with Gasteiger partial charge in [-0.1, -0.05) is 59.7 Å². The molecule has 0 aliphatic carbocycles. The van der Waals surface area contributed by atoms with E-state index in [4.69, 9.17) is 21.3 Å². The van der Waals surface area contributed by atoms with Gasteiger partial charge >= 0.3 is 11.9 Å². The number of benzene rings is 4. The lowest BCUT2D eigenvalue weighted by atomic mass is 10.1. The number of ether oxygens (including phenoxy) is 1. The standard InChI is InChI=1S/C23H23FN4O3.C19H15FN4O3/c1-13-5-7-14(8-6-13)18-12-26-20(25)19(28-18)21(29)27-15-9-10-16(17(24)11-15)22(30)31-23(2,3)4;1-10-2-4-11(5-3-10)15-9-22-17(21)16(24-15)18(25)23-12-6-7-13(19(26)27)14(20)8-12/h5-12H,1-4H3,(H2,25,26)(H,27,29);2-9H,1H3,(H2,21,22)(H,23,25)(H,26,27). The molecule has 296 valence electrons. The predicted octanol–water partition coefficient (Wildman–Crippen LogP) is 7.50. The molecule has 16 heteroatoms. The van der Waals surface area contributed by atoms with Crippen molar-refractivity contribution in [2.75, 3.05) is 22.1 Å². The number of rotatable bonds is 8. The topological polar surface area (TPSA) is 225 Å². The summed E-state index contributed by atoms with van der Waals surface area (Å²) in [7, 11) is 0. The fourth-order valence-corrected chi connectivity index (χ4v) is 5.10. The highest BCUT2D eigenvalue weighted by Gasteiger charge is 2.22. The van der Waals surface area contributed by atoms with Gasteiger partial charge in [-0.3, -0.25) is 9.59 Å². The van der Waals surface area contributed by atoms with Gasteiger partial charge < -0.3 is 31.9 Å². The molecule has 7 N–H and O–H groups in total. The van der Waals surface area contributed by atoms with E-state index in [0.717, 1.165) is 40.5 Å². The number of halogens is 2. The molecule has 6 rings (SSSR count). The SMILES string of the molecule is Cc1ccc(-c2cnc(N)c(C(=O)Nc3ccc(C(=O)O)c(F)c3)n2)cc1.Cc1ccc(-c2cnc(N)c(C(=O)Nc3ccc(C(=O)OC(C)(C)C)c(F)c3)n2)cc1. The number of nitrogen functional groups attached to an aromatic ring is 2. The first-order valence-electron chi connectivity index (χ1n) is 17.5. The Hall–Kier alpha value is -7.62. The van der Waals surface area contributed by atoms with Gasteiger partial charge in [-0.05, 0) is 71.0 Å². The number of aryl methyl sites for hydroxylation is 2. The molecule has 2 amide bonds. The van der Waals surface area contributed by atoms with Crippen LogP contribution < -0.4 is 22.1 Å². The summed E-state index contributed by atoms with van der Waals surface area (Å²) in [6, 6.07) is 22.0. The lowest BCUT2D eigenvalue weighted by Crippen LogP contribution is -2.24. The van der Waals surface area contributed by atoms with Crippen molar-refractivity contribution in [3.8, 4) is 22.5 Å². The van der Waals surface area contributed by atoms with Crippen LogP contribution in [0.15, 0.2) is 97.3 Å². The molecule has 2 heterocycles. The monoisotopic (exact) mass is 788 g/mol. The van der Waals surface area contributed by atoms with Crippen LogP contribution in [0.2, 0.25) is 0 Å². The summed E-state index contributed by atoms with van der Waals surface area (Å²) in [6.45, 7) is 8.98. The molecule has 0 radical (unpaired) electrons. The summed E-state index contributed by atoms with van der Waals surface area (Å²) >= 11 is 0. The molecule has 2 aromatic heterocycles. The fraction of sp³-hybridized carbons (Fsp3) is 0.143. The van der Waals surface area contributed by atoms with Crippen LogP contribution in [0.1, 0.15) is 73.6 Å². The minimum Gasteiger partial charge on any atom is -0.478 e. The normalized spacial score (nSPS) is 10.8. The molecule has 0 spiro atoms. The van der Waals surface area contributed by atoms with E-state index >= 15 is 0 Å². The van der Waals surface area contributed by atoms with Crippen LogP contribution in [0, 0.1) is 25.5 Å². The van der Waals surface area contributed by atoms with Gasteiger partial charge in [-0.25, -0.2) is 38.3 Å². The maximum atomic E-state index is 14.4. The minimum absolute atomic E-state index is 0.0563. The van der Waals surface area contributed by atoms with Crippen molar-refractivity contribution >= 4 is 46.8 Å². The molecule has 14 nitrogen and oxygen atoms in total. The third kappa shape index (κ3) is 10.6. The minimum atomic E-state index is -1.40. The third-order valence-corrected chi connectivity index (χ3v) is 8.03. The number of carbonyl (C=O) groups excluding carboxylic acids is 3. The molecule has 0 bridgehead atoms. The van der Waals surface area contributed by atoms with E-state index in [1.165, 1.54) is 30.6 Å². The van der Waals surface area contributed by atoms with Gasteiger partial charge in [0.15, 0.2) is 23.0 Å². The number of nitrogens with two attached hydrogens (primary N) is 2. The summed E-state index contributed by atoms with van der Waals surface area (Å²) in [4.78, 5) is 64.7. The predicted molar refractivity (Wildman–Crippen MR) is 214 cm³/mol. The Morgan fingerprint density at radius 3 is 1.40 bits per heavy atom. The summed E-state index contributed by atoms with van der Waals surface area (Å²) in [6.07, 6.45) is 2.93. The number of carboxylic acid groups (broad SMARTS) is 1. The Labute approximate surface area is 331 Å². The Kier molecular flexibility index (Phi) is 12.5. The van der Waals surface area contributed by atoms with Gasteiger partial charge in [0.2, 0.25) is 0 Å². The number of carbonyl (C=O) groups is 4. The number of carboxylic acids is 1. The highest BCUT2D eigenvalue weighted by molar-refractivity contribution is 6.07. The van der Waals surface area contributed by atoms with Crippen LogP contribution in [0.5, 0.6) is 0 Å². The number of aromatic nitrogens is 4. The summed E-state index contributed by atoms with van der Waals surface area (Å²) in [5.74, 6) is -5.44. The van der Waals surface area contributed by atoms with E-state index in [9.17, 15) is 28.0 Å². The number of hydrogen-bond donors (Lipinski definition) is 5. The van der Waals surface area contributed by atoms with Crippen LogP contribution in [0.3, 0.4) is 0 Å². The Morgan fingerprint density at radius 1 is 0.638 bits per heavy atom. The summed E-state index contributed by atoms with van der Waals surface area (Å²) < 4.78 is 33.4. The average molecular weight is 789 g/mol. The molecule has 6 aromatic rings. The second-order valence-corrected chi connectivity index (χ2v) is 13.8. The van der Waals surface area contributed by atoms with Gasteiger partial charge in [0.25, 0.3) is 11.8 Å². The van der Waals surface area contributed by atoms with Crippen molar-refractivity contribution < 1.29 is 37.8 Å². The van der Waals surface area contributed by atoms with Crippen LogP contribution >= 0.6 is 0 Å². The van der Waals surface area contributed by atoms with Gasteiger partial charge in [-0.2, -0.15) is 0 Å². The highest BCUT2D eigenvalue weighted by atomic mass is 19.1. The van der Waals surface area contributed by atoms with E-state index in [0.29, 0.717) is 11.4 Å². The first kappa shape index (κ1) is 41.5. The van der Waals surface area contributed by atoms with Crippen molar-refractivity contribution in [3.05, 3.63) is 143 Å². The Bertz CT molecular complexity index is 2520. The van der Waals surface area contributed by atoms with Crippen molar-refractivity contribution in [2.24, 2.45) is 0 Å². The third-order valence-electron chi connectivity index (χ3n) is 8.03. The lowest BCUT2D eigenvalue weighted by Gasteiger charge is -2.19. The van der Waals surface area contributed by atoms with E-state index in [1.807, 2.05) is 62.4 Å². The fourth-order valence-electron chi connectivity index (χ4n) is 5.10. The number of anilines is 4. The molecule has 0 atom stereocenters. The van der Waals surface area contributed by atoms with Crippen LogP contribution in [0.4, 0.5) is 31.8 Å². The van der Waals surface area contributed by atoms with Crippen LogP contribution in [0.25, 0.3) is 22.5 Å². The van der Waals surface area contributed by atoms with Gasteiger partial charge in [0.05, 0.1) is 34.9 Å². The quantitative estimate of drug-likeness (QED) is 0.0945. The summed E-state index contributed by atoms with van der Waals surface area (Å²) in [5.41, 5.74) is 14.8. The van der Waals surface area contributed by atoms with Gasteiger partial charge in [-0.15, -0.1) is 0 Å². The number of esters is 1. The zero-order valence-electron chi connectivity index (χ0n) is 31.9. The van der Waals surface area contributed by atoms with Gasteiger partial charge in [0, 0.05) is 22.5 Å². The molecule has 0 aliphatic rings. The molecule has 0 fully saturated rings. The largest absolute Gasteiger partial charge is 0.478 e. The van der Waals surface area contributed by atoms with E-state index in [-0.39, 0.29) is 40.0 Å². The number of hydrogen-bond acceptors (Lipinski definition) is 11. The van der Waals surface area contributed by atoms with Crippen LogP contribution in [-0.4, -0.2) is 54.4 Å². The van der Waals surface area contributed by atoms with Crippen LogP contribution in [-0.2, 0) is 4.74 Å². The Balaban J connectivity index is 0.000000223. The first-order valence-corrected chi connectivity index (χ1v) is 17.5. The molecular formula is C42H38F2N8O6. The zero-order valence-corrected chi connectivity index (χ0v) is 31.9. The van der Waals surface area contributed by atoms with Crippen molar-refractivity contribution in [3.63, 3.8) is 0 Å². The number of nitrogens with one attached hydrogen (secondary N) is 2. The first-order chi connectivity index (χ1) is 27.4. The maximum Gasteiger partial charge on any atom is 0.341 e. The van der Waals surface area contributed by atoms with E-state index in [1.54, 1.807) is 20.8 Å². The number of aromatic carboxylic acids is 1. The van der Waals surface area contributed by atoms with E-state index < -0.39 is 46.6 Å². The number of amides is 2.